The van der Waals surface area contributed by atoms with Crippen LogP contribution in [-0.4, -0.2) is 18.3 Å². The van der Waals surface area contributed by atoms with Crippen LogP contribution in [0.1, 0.15) is 12.5 Å². The zero-order valence-electron chi connectivity index (χ0n) is 8.23. The van der Waals surface area contributed by atoms with Crippen molar-refractivity contribution >= 4 is 11.6 Å². The van der Waals surface area contributed by atoms with E-state index in [1.807, 2.05) is 0 Å². The molecule has 1 atom stereocenters. The van der Waals surface area contributed by atoms with Gasteiger partial charge in [-0.05, 0) is 12.1 Å². The Bertz CT molecular complexity index is 367. The highest BCUT2D eigenvalue weighted by Gasteiger charge is 2.31. The molecule has 84 valence electrons. The van der Waals surface area contributed by atoms with E-state index in [4.69, 9.17) is 22.4 Å². The molecular formula is C10H12ClF2NO. The summed E-state index contributed by atoms with van der Waals surface area (Å²) in [6.07, 6.45) is 0. The van der Waals surface area contributed by atoms with E-state index in [1.165, 1.54) is 6.92 Å². The minimum atomic E-state index is -1.07. The SMILES string of the molecule is CC(CN)(CO)c1c(F)ccc(F)c1Cl. The predicted molar refractivity (Wildman–Crippen MR) is 54.9 cm³/mol. The first-order valence-corrected chi connectivity index (χ1v) is 4.79. The van der Waals surface area contributed by atoms with Crippen LogP contribution in [0.2, 0.25) is 5.02 Å². The van der Waals surface area contributed by atoms with Gasteiger partial charge in [0.05, 0.1) is 11.6 Å². The van der Waals surface area contributed by atoms with E-state index in [-0.39, 0.29) is 17.1 Å². The Morgan fingerprint density at radius 1 is 1.40 bits per heavy atom. The Morgan fingerprint density at radius 2 is 1.93 bits per heavy atom. The summed E-state index contributed by atoms with van der Waals surface area (Å²) in [5, 5.41) is 8.83. The molecule has 0 aliphatic heterocycles. The third-order valence-electron chi connectivity index (χ3n) is 2.45. The summed E-state index contributed by atoms with van der Waals surface area (Å²) in [5.41, 5.74) is 4.29. The smallest absolute Gasteiger partial charge is 0.142 e. The predicted octanol–water partition coefficient (Wildman–Crippen LogP) is 1.83. The number of aliphatic hydroxyl groups is 1. The summed E-state index contributed by atoms with van der Waals surface area (Å²) in [4.78, 5) is 0. The lowest BCUT2D eigenvalue weighted by Gasteiger charge is -2.27. The van der Waals surface area contributed by atoms with Crippen LogP contribution in [-0.2, 0) is 5.41 Å². The van der Waals surface area contributed by atoms with Crippen LogP contribution in [0.4, 0.5) is 8.78 Å². The van der Waals surface area contributed by atoms with Gasteiger partial charge in [0.1, 0.15) is 11.6 Å². The van der Waals surface area contributed by atoms with E-state index in [0.29, 0.717) is 0 Å². The number of rotatable bonds is 3. The molecule has 0 saturated heterocycles. The largest absolute Gasteiger partial charge is 0.395 e. The molecule has 0 saturated carbocycles. The Hall–Kier alpha value is -0.710. The molecule has 1 rings (SSSR count). The number of hydrogen-bond acceptors (Lipinski definition) is 2. The van der Waals surface area contributed by atoms with E-state index in [0.717, 1.165) is 12.1 Å². The number of benzene rings is 1. The highest BCUT2D eigenvalue weighted by atomic mass is 35.5. The zero-order chi connectivity index (χ0) is 11.6. The van der Waals surface area contributed by atoms with Crippen LogP contribution in [0.5, 0.6) is 0 Å². The molecule has 0 radical (unpaired) electrons. The van der Waals surface area contributed by atoms with Crippen LogP contribution in [0, 0.1) is 11.6 Å². The second-order valence-electron chi connectivity index (χ2n) is 3.64. The lowest BCUT2D eigenvalue weighted by molar-refractivity contribution is 0.206. The van der Waals surface area contributed by atoms with Crippen LogP contribution in [0.25, 0.3) is 0 Å². The first kappa shape index (κ1) is 12.4. The normalized spacial score (nSPS) is 15.1. The van der Waals surface area contributed by atoms with Gasteiger partial charge in [-0.25, -0.2) is 8.78 Å². The Morgan fingerprint density at radius 3 is 2.40 bits per heavy atom. The van der Waals surface area contributed by atoms with Gasteiger partial charge in [-0.15, -0.1) is 0 Å². The summed E-state index contributed by atoms with van der Waals surface area (Å²) in [6, 6.07) is 1.91. The van der Waals surface area contributed by atoms with Gasteiger partial charge in [-0.2, -0.15) is 0 Å². The van der Waals surface area contributed by atoms with Crippen LogP contribution < -0.4 is 5.73 Å². The maximum absolute atomic E-state index is 13.5. The molecule has 5 heteroatoms. The summed E-state index contributed by atoms with van der Waals surface area (Å²) in [6.45, 7) is 1.10. The molecule has 0 fully saturated rings. The van der Waals surface area contributed by atoms with E-state index in [9.17, 15) is 8.78 Å². The quantitative estimate of drug-likeness (QED) is 0.786. The van der Waals surface area contributed by atoms with E-state index in [1.54, 1.807) is 0 Å². The van der Waals surface area contributed by atoms with Gasteiger partial charge in [0, 0.05) is 17.5 Å². The fourth-order valence-electron chi connectivity index (χ4n) is 1.33. The average molecular weight is 236 g/mol. The van der Waals surface area contributed by atoms with Gasteiger partial charge in [-0.3, -0.25) is 0 Å². The maximum atomic E-state index is 13.5. The van der Waals surface area contributed by atoms with Crippen molar-refractivity contribution in [2.75, 3.05) is 13.2 Å². The molecule has 0 aliphatic rings. The van der Waals surface area contributed by atoms with Gasteiger partial charge in [0.25, 0.3) is 0 Å². The third kappa shape index (κ3) is 2.12. The fourth-order valence-corrected chi connectivity index (χ4v) is 1.71. The third-order valence-corrected chi connectivity index (χ3v) is 2.82. The topological polar surface area (TPSA) is 46.2 Å². The van der Waals surface area contributed by atoms with Crippen LogP contribution in [0.15, 0.2) is 12.1 Å². The first-order chi connectivity index (χ1) is 6.96. The molecular weight excluding hydrogens is 224 g/mol. The van der Waals surface area contributed by atoms with E-state index >= 15 is 0 Å². The Balaban J connectivity index is 3.41. The fraction of sp³-hybridized carbons (Fsp3) is 0.400. The molecule has 0 amide bonds. The van der Waals surface area contributed by atoms with Crippen molar-refractivity contribution in [1.82, 2.24) is 0 Å². The second kappa shape index (κ2) is 4.43. The number of aliphatic hydroxyl groups excluding tert-OH is 1. The maximum Gasteiger partial charge on any atom is 0.142 e. The average Bonchev–Trinajstić information content (AvgIpc) is 2.23. The molecule has 3 N–H and O–H groups in total. The highest BCUT2D eigenvalue weighted by molar-refractivity contribution is 6.31. The molecule has 0 bridgehead atoms. The molecule has 0 spiro atoms. The zero-order valence-corrected chi connectivity index (χ0v) is 8.98. The molecule has 15 heavy (non-hydrogen) atoms. The van der Waals surface area contributed by atoms with Gasteiger partial charge in [0.15, 0.2) is 0 Å². The minimum Gasteiger partial charge on any atom is -0.395 e. The van der Waals surface area contributed by atoms with E-state index < -0.39 is 23.7 Å². The van der Waals surface area contributed by atoms with Crippen molar-refractivity contribution < 1.29 is 13.9 Å². The molecule has 0 aromatic heterocycles. The van der Waals surface area contributed by atoms with Crippen molar-refractivity contribution in [3.8, 4) is 0 Å². The van der Waals surface area contributed by atoms with Gasteiger partial charge >= 0.3 is 0 Å². The van der Waals surface area contributed by atoms with Gasteiger partial charge in [-0.1, -0.05) is 18.5 Å². The van der Waals surface area contributed by atoms with E-state index in [2.05, 4.69) is 0 Å². The lowest BCUT2D eigenvalue weighted by Crippen LogP contribution is -2.37. The molecule has 0 aliphatic carbocycles. The van der Waals surface area contributed by atoms with Crippen LogP contribution in [0.3, 0.4) is 0 Å². The first-order valence-electron chi connectivity index (χ1n) is 4.41. The summed E-state index contributed by atoms with van der Waals surface area (Å²) in [5.74, 6) is -1.38. The minimum absolute atomic E-state index is 0.0242. The van der Waals surface area contributed by atoms with Crippen LogP contribution >= 0.6 is 11.6 Å². The number of nitrogens with two attached hydrogens (primary N) is 1. The van der Waals surface area contributed by atoms with Crippen molar-refractivity contribution in [2.24, 2.45) is 5.73 Å². The van der Waals surface area contributed by atoms with Crippen molar-refractivity contribution in [3.63, 3.8) is 0 Å². The Kier molecular flexibility index (Phi) is 3.65. The molecule has 0 heterocycles. The summed E-state index contributed by atoms with van der Waals surface area (Å²) in [7, 11) is 0. The Labute approximate surface area is 91.7 Å². The molecule has 1 aromatic rings. The summed E-state index contributed by atoms with van der Waals surface area (Å²) < 4.78 is 26.6. The summed E-state index contributed by atoms with van der Waals surface area (Å²) >= 11 is 5.66. The highest BCUT2D eigenvalue weighted by Crippen LogP contribution is 2.33. The second-order valence-corrected chi connectivity index (χ2v) is 4.02. The van der Waals surface area contributed by atoms with Crippen molar-refractivity contribution in [2.45, 2.75) is 12.3 Å². The van der Waals surface area contributed by atoms with Crippen molar-refractivity contribution in [1.29, 1.82) is 0 Å². The van der Waals surface area contributed by atoms with Gasteiger partial charge < -0.3 is 10.8 Å². The number of hydrogen-bond donors (Lipinski definition) is 2. The van der Waals surface area contributed by atoms with Crippen molar-refractivity contribution in [3.05, 3.63) is 34.4 Å². The van der Waals surface area contributed by atoms with Gasteiger partial charge in [0.2, 0.25) is 0 Å². The monoisotopic (exact) mass is 235 g/mol. The lowest BCUT2D eigenvalue weighted by atomic mass is 9.83. The standard InChI is InChI=1S/C10H12ClF2NO/c1-10(4-14,5-15)8-6(12)2-3-7(13)9(8)11/h2-3,15H,4-5,14H2,1H3. The molecule has 1 unspecified atom stereocenters. The molecule has 2 nitrogen and oxygen atoms in total. The number of halogens is 3. The molecule has 1 aromatic carbocycles.